The van der Waals surface area contributed by atoms with Gasteiger partial charge in [0.2, 0.25) is 0 Å². The molecule has 0 atom stereocenters. The van der Waals surface area contributed by atoms with Gasteiger partial charge in [-0.1, -0.05) is 4.73 Å². The second-order valence-electron chi connectivity index (χ2n) is 3.24. The van der Waals surface area contributed by atoms with Gasteiger partial charge in [0.05, 0.1) is 0 Å². The number of hydrogen-bond acceptors (Lipinski definition) is 6. The number of halogens is 1. The largest absolute Gasteiger partial charge is 0.539 e. The van der Waals surface area contributed by atoms with E-state index in [9.17, 15) is 9.09 Å². The van der Waals surface area contributed by atoms with Crippen LogP contribution in [0.25, 0.3) is 0 Å². The monoisotopic (exact) mass is 230 g/mol. The number of nitrogens with one attached hydrogen (secondary N) is 2. The molecule has 2 N–H and O–H groups in total. The summed E-state index contributed by atoms with van der Waals surface area (Å²) in [5.74, 6) is 0. The molecule has 0 aromatic heterocycles. The molecule has 0 spiro atoms. The Morgan fingerprint density at radius 1 is 1.07 bits per heavy atom. The first-order valence-electron chi connectivity index (χ1n) is 4.18. The first-order valence-corrected chi connectivity index (χ1v) is 5.64. The molecule has 0 saturated heterocycles. The van der Waals surface area contributed by atoms with Crippen molar-refractivity contribution >= 4 is 7.82 Å². The van der Waals surface area contributed by atoms with Gasteiger partial charge in [0, 0.05) is 12.1 Å². The van der Waals surface area contributed by atoms with Crippen molar-refractivity contribution in [2.24, 2.45) is 0 Å². The number of hydroxylamine groups is 2. The van der Waals surface area contributed by atoms with Crippen molar-refractivity contribution < 1.29 is 23.1 Å². The Morgan fingerprint density at radius 3 is 1.64 bits per heavy atom. The zero-order valence-corrected chi connectivity index (χ0v) is 9.51. The van der Waals surface area contributed by atoms with E-state index in [-0.39, 0.29) is 12.1 Å². The van der Waals surface area contributed by atoms with Crippen LogP contribution in [0.2, 0.25) is 0 Å². The Kier molecular flexibility index (Phi) is 6.43. The average molecular weight is 230 g/mol. The summed E-state index contributed by atoms with van der Waals surface area (Å²) in [6.07, 6.45) is 0. The molecule has 14 heavy (non-hydrogen) atoms. The predicted octanol–water partition coefficient (Wildman–Crippen LogP) is 1.85. The van der Waals surface area contributed by atoms with Crippen LogP contribution in [0, 0.1) is 0 Å². The molecule has 0 unspecified atom stereocenters. The van der Waals surface area contributed by atoms with Gasteiger partial charge < -0.3 is 0 Å². The fourth-order valence-corrected chi connectivity index (χ4v) is 1.16. The van der Waals surface area contributed by atoms with Gasteiger partial charge in [-0.3, -0.25) is 0 Å². The zero-order valence-electron chi connectivity index (χ0n) is 8.61. The molecule has 0 bridgehead atoms. The standard InChI is InChI=1S/C6H16FN2O4P/c1-5(2)8-12-14(10,11-7)13-9-6(3)4/h5-6,8-9H,1-4H3. The van der Waals surface area contributed by atoms with E-state index in [4.69, 9.17) is 0 Å². The molecule has 0 aromatic rings. The molecule has 8 heteroatoms. The summed E-state index contributed by atoms with van der Waals surface area (Å²) >= 11 is 0. The molecule has 6 nitrogen and oxygen atoms in total. The third kappa shape index (κ3) is 6.42. The van der Waals surface area contributed by atoms with Gasteiger partial charge in [0.1, 0.15) is 0 Å². The molecule has 0 aliphatic heterocycles. The lowest BCUT2D eigenvalue weighted by molar-refractivity contribution is -0.0829. The van der Waals surface area contributed by atoms with Crippen molar-refractivity contribution in [3.63, 3.8) is 0 Å². The first-order chi connectivity index (χ1) is 6.39. The van der Waals surface area contributed by atoms with Crippen LogP contribution in [0.4, 0.5) is 4.53 Å². The van der Waals surface area contributed by atoms with Crippen molar-refractivity contribution in [2.75, 3.05) is 0 Å². The maximum atomic E-state index is 11.8. The number of rotatable bonds is 7. The molecule has 0 heterocycles. The van der Waals surface area contributed by atoms with E-state index < -0.39 is 7.82 Å². The van der Waals surface area contributed by atoms with Crippen LogP contribution in [0.15, 0.2) is 0 Å². The van der Waals surface area contributed by atoms with Gasteiger partial charge in [-0.05, 0) is 32.2 Å². The summed E-state index contributed by atoms with van der Waals surface area (Å²) in [6, 6.07) is -0.276. The summed E-state index contributed by atoms with van der Waals surface area (Å²) in [6.45, 7) is 6.88. The zero-order chi connectivity index (χ0) is 11.2. The van der Waals surface area contributed by atoms with Crippen molar-refractivity contribution in [2.45, 2.75) is 39.8 Å². The Balaban J connectivity index is 3.98. The van der Waals surface area contributed by atoms with E-state index >= 15 is 0 Å². The Hall–Kier alpha value is -0.0400. The lowest BCUT2D eigenvalue weighted by atomic mass is 10.4. The maximum absolute atomic E-state index is 11.8. The van der Waals surface area contributed by atoms with E-state index in [1.54, 1.807) is 27.7 Å². The molecule has 0 aromatic carbocycles. The Labute approximate surface area is 82.5 Å². The van der Waals surface area contributed by atoms with Crippen LogP contribution < -0.4 is 11.0 Å². The SMILES string of the molecule is CC(C)NOP(=O)(OF)ONC(C)C. The molecule has 0 aliphatic rings. The minimum Gasteiger partial charge on any atom is -0.222 e. The van der Waals surface area contributed by atoms with E-state index in [1.807, 2.05) is 0 Å². The molecule has 0 rings (SSSR count). The predicted molar refractivity (Wildman–Crippen MR) is 48.5 cm³/mol. The Bertz CT molecular complexity index is 186. The molecule has 86 valence electrons. The van der Waals surface area contributed by atoms with Gasteiger partial charge >= 0.3 is 7.82 Å². The molecule has 0 aliphatic carbocycles. The lowest BCUT2D eigenvalue weighted by Gasteiger charge is -2.16. The number of hydrogen-bond donors (Lipinski definition) is 2. The average Bonchev–Trinajstić information content (AvgIpc) is 2.11. The fraction of sp³-hybridized carbons (Fsp3) is 1.00. The van der Waals surface area contributed by atoms with E-state index in [0.717, 1.165) is 0 Å². The summed E-state index contributed by atoms with van der Waals surface area (Å²) in [7, 11) is -4.20. The molecular weight excluding hydrogens is 214 g/mol. The summed E-state index contributed by atoms with van der Waals surface area (Å²) < 4.78 is 35.0. The van der Waals surface area contributed by atoms with Crippen molar-refractivity contribution in [1.29, 1.82) is 0 Å². The molecular formula is C6H16FN2O4P. The van der Waals surface area contributed by atoms with Gasteiger partial charge in [0.25, 0.3) is 0 Å². The normalized spacial score (nSPS) is 12.8. The van der Waals surface area contributed by atoms with E-state index in [1.165, 1.54) is 0 Å². The van der Waals surface area contributed by atoms with Gasteiger partial charge in [0.15, 0.2) is 0 Å². The van der Waals surface area contributed by atoms with Crippen molar-refractivity contribution in [1.82, 2.24) is 11.0 Å². The van der Waals surface area contributed by atoms with Crippen LogP contribution >= 0.6 is 7.82 Å². The van der Waals surface area contributed by atoms with Gasteiger partial charge in [-0.2, -0.15) is 20.2 Å². The summed E-state index contributed by atoms with van der Waals surface area (Å²) in [5.41, 5.74) is 4.54. The maximum Gasteiger partial charge on any atom is 0.539 e. The molecule has 0 amide bonds. The van der Waals surface area contributed by atoms with Crippen LogP contribution in [0.1, 0.15) is 27.7 Å². The smallest absolute Gasteiger partial charge is 0.222 e. The highest BCUT2D eigenvalue weighted by molar-refractivity contribution is 7.48. The molecule has 0 saturated carbocycles. The highest BCUT2D eigenvalue weighted by Gasteiger charge is 2.30. The fourth-order valence-electron chi connectivity index (χ4n) is 0.387. The Morgan fingerprint density at radius 2 is 1.43 bits per heavy atom. The highest BCUT2D eigenvalue weighted by atomic mass is 31.2. The summed E-state index contributed by atoms with van der Waals surface area (Å²) in [4.78, 5) is 0. The van der Waals surface area contributed by atoms with Crippen molar-refractivity contribution in [3.8, 4) is 0 Å². The topological polar surface area (TPSA) is 68.8 Å². The van der Waals surface area contributed by atoms with Crippen LogP contribution in [0.3, 0.4) is 0 Å². The van der Waals surface area contributed by atoms with Crippen LogP contribution in [-0.2, 0) is 18.5 Å². The van der Waals surface area contributed by atoms with E-state index in [0.29, 0.717) is 0 Å². The van der Waals surface area contributed by atoms with Crippen LogP contribution in [-0.4, -0.2) is 12.1 Å². The third-order valence-electron chi connectivity index (χ3n) is 0.885. The second-order valence-corrected chi connectivity index (χ2v) is 4.64. The van der Waals surface area contributed by atoms with Gasteiger partial charge in [-0.15, -0.1) is 0 Å². The lowest BCUT2D eigenvalue weighted by Crippen LogP contribution is -2.26. The molecule has 0 fully saturated rings. The number of phosphoric acid groups is 1. The minimum absolute atomic E-state index is 0.138. The van der Waals surface area contributed by atoms with E-state index in [2.05, 4.69) is 24.9 Å². The van der Waals surface area contributed by atoms with Gasteiger partial charge in [-0.25, -0.2) is 4.57 Å². The quantitative estimate of drug-likeness (QED) is 0.514. The third-order valence-corrected chi connectivity index (χ3v) is 1.71. The van der Waals surface area contributed by atoms with Crippen molar-refractivity contribution in [3.05, 3.63) is 0 Å². The highest BCUT2D eigenvalue weighted by Crippen LogP contribution is 2.47. The molecule has 0 radical (unpaired) electrons. The second kappa shape index (κ2) is 6.44. The summed E-state index contributed by atoms with van der Waals surface area (Å²) in [5, 5.41) is 0. The first kappa shape index (κ1) is 14.0. The van der Waals surface area contributed by atoms with Crippen LogP contribution in [0.5, 0.6) is 0 Å². The minimum atomic E-state index is -4.20.